The number of nitrogens with one attached hydrogen (secondary N) is 1. The summed E-state index contributed by atoms with van der Waals surface area (Å²) in [4.78, 5) is 18.8. The molecule has 25 heavy (non-hydrogen) atoms. The first-order valence-electron chi connectivity index (χ1n) is 8.79. The topological polar surface area (TPSA) is 45.2 Å². The van der Waals surface area contributed by atoms with Crippen molar-refractivity contribution in [1.82, 2.24) is 15.2 Å². The molecule has 0 bridgehead atoms. The van der Waals surface area contributed by atoms with Crippen molar-refractivity contribution in [3.63, 3.8) is 0 Å². The van der Waals surface area contributed by atoms with Gasteiger partial charge >= 0.3 is 0 Å². The molecule has 1 amide bonds. The van der Waals surface area contributed by atoms with E-state index in [9.17, 15) is 9.18 Å². The zero-order valence-electron chi connectivity index (χ0n) is 14.5. The van der Waals surface area contributed by atoms with Gasteiger partial charge in [0.15, 0.2) is 0 Å². The van der Waals surface area contributed by atoms with E-state index in [0.717, 1.165) is 43.0 Å². The van der Waals surface area contributed by atoms with Crippen LogP contribution in [0.25, 0.3) is 0 Å². The molecule has 0 saturated carbocycles. The lowest BCUT2D eigenvalue weighted by Crippen LogP contribution is -2.42. The number of rotatable bonds is 5. The minimum absolute atomic E-state index is 0.0132. The van der Waals surface area contributed by atoms with Crippen molar-refractivity contribution in [3.05, 3.63) is 65.7 Å². The van der Waals surface area contributed by atoms with Gasteiger partial charge in [-0.15, -0.1) is 0 Å². The van der Waals surface area contributed by atoms with E-state index in [-0.39, 0.29) is 17.8 Å². The van der Waals surface area contributed by atoms with Crippen LogP contribution in [0.1, 0.15) is 36.9 Å². The van der Waals surface area contributed by atoms with Crippen LogP contribution in [0.4, 0.5) is 4.39 Å². The fourth-order valence-electron chi connectivity index (χ4n) is 3.20. The third-order valence-electron chi connectivity index (χ3n) is 4.79. The number of carbonyl (C=O) groups excluding carboxylic acids is 1. The van der Waals surface area contributed by atoms with E-state index in [1.54, 1.807) is 24.5 Å². The molecule has 2 heterocycles. The van der Waals surface area contributed by atoms with Gasteiger partial charge in [-0.3, -0.25) is 14.7 Å². The average molecular weight is 341 g/mol. The molecule has 1 aliphatic rings. The fourth-order valence-corrected chi connectivity index (χ4v) is 3.20. The molecule has 1 fully saturated rings. The predicted molar refractivity (Wildman–Crippen MR) is 95.5 cm³/mol. The number of aromatic nitrogens is 1. The molecule has 1 aromatic heterocycles. The third-order valence-corrected chi connectivity index (χ3v) is 4.79. The standard InChI is InChI=1S/C20H24FN3O/c1-15-8-12-24(13-9-15)14-19(25)23-20(17-6-10-22-11-7-17)16-2-4-18(21)5-3-16/h2-7,10-11,15,20H,8-9,12-14H2,1H3,(H,23,25). The first kappa shape index (κ1) is 17.5. The minimum Gasteiger partial charge on any atom is -0.344 e. The predicted octanol–water partition coefficient (Wildman–Crippen LogP) is 3.16. The number of hydrogen-bond donors (Lipinski definition) is 1. The Kier molecular flexibility index (Phi) is 5.76. The Morgan fingerprint density at radius 3 is 2.40 bits per heavy atom. The summed E-state index contributed by atoms with van der Waals surface area (Å²) in [6.45, 7) is 4.58. The number of pyridine rings is 1. The number of halogens is 1. The molecule has 0 radical (unpaired) electrons. The van der Waals surface area contributed by atoms with Crippen molar-refractivity contribution in [3.8, 4) is 0 Å². The fraction of sp³-hybridized carbons (Fsp3) is 0.400. The van der Waals surface area contributed by atoms with Gasteiger partial charge in [-0.2, -0.15) is 0 Å². The zero-order valence-corrected chi connectivity index (χ0v) is 14.5. The maximum atomic E-state index is 13.3. The highest BCUT2D eigenvalue weighted by Crippen LogP contribution is 2.22. The quantitative estimate of drug-likeness (QED) is 0.909. The van der Waals surface area contributed by atoms with E-state index in [2.05, 4.69) is 22.1 Å². The SMILES string of the molecule is CC1CCN(CC(=O)NC(c2ccncc2)c2ccc(F)cc2)CC1. The van der Waals surface area contributed by atoms with Crippen molar-refractivity contribution in [2.45, 2.75) is 25.8 Å². The number of likely N-dealkylation sites (tertiary alicyclic amines) is 1. The second-order valence-electron chi connectivity index (χ2n) is 6.79. The second-order valence-corrected chi connectivity index (χ2v) is 6.79. The number of piperidine rings is 1. The Morgan fingerprint density at radius 1 is 1.16 bits per heavy atom. The van der Waals surface area contributed by atoms with Crippen LogP contribution in [0, 0.1) is 11.7 Å². The van der Waals surface area contributed by atoms with Crippen LogP contribution in [0.2, 0.25) is 0 Å². The highest BCUT2D eigenvalue weighted by atomic mass is 19.1. The lowest BCUT2D eigenvalue weighted by atomic mass is 9.98. The van der Waals surface area contributed by atoms with Crippen molar-refractivity contribution < 1.29 is 9.18 Å². The van der Waals surface area contributed by atoms with Crippen molar-refractivity contribution in [2.24, 2.45) is 5.92 Å². The minimum atomic E-state index is -0.306. The Balaban J connectivity index is 1.71. The van der Waals surface area contributed by atoms with Crippen LogP contribution in [0.5, 0.6) is 0 Å². The molecule has 4 nitrogen and oxygen atoms in total. The van der Waals surface area contributed by atoms with E-state index < -0.39 is 0 Å². The van der Waals surface area contributed by atoms with Crippen molar-refractivity contribution in [2.75, 3.05) is 19.6 Å². The first-order valence-corrected chi connectivity index (χ1v) is 8.79. The van der Waals surface area contributed by atoms with Crippen LogP contribution in [-0.4, -0.2) is 35.4 Å². The lowest BCUT2D eigenvalue weighted by Gasteiger charge is -2.30. The average Bonchev–Trinajstić information content (AvgIpc) is 2.63. The Bertz CT molecular complexity index is 682. The summed E-state index contributed by atoms with van der Waals surface area (Å²) in [7, 11) is 0. The number of amides is 1. The van der Waals surface area contributed by atoms with Crippen LogP contribution in [0.15, 0.2) is 48.8 Å². The van der Waals surface area contributed by atoms with Crippen molar-refractivity contribution in [1.29, 1.82) is 0 Å². The molecule has 1 aliphatic heterocycles. The molecule has 2 aromatic rings. The van der Waals surface area contributed by atoms with E-state index in [1.807, 2.05) is 12.1 Å². The Labute approximate surface area is 148 Å². The van der Waals surface area contributed by atoms with Crippen LogP contribution < -0.4 is 5.32 Å². The molecule has 0 spiro atoms. The summed E-state index contributed by atoms with van der Waals surface area (Å²) in [5, 5.41) is 3.10. The van der Waals surface area contributed by atoms with Gasteiger partial charge in [0.05, 0.1) is 12.6 Å². The zero-order chi connectivity index (χ0) is 17.6. The Morgan fingerprint density at radius 2 is 1.76 bits per heavy atom. The largest absolute Gasteiger partial charge is 0.344 e. The van der Waals surface area contributed by atoms with E-state index in [4.69, 9.17) is 0 Å². The molecular formula is C20H24FN3O. The summed E-state index contributed by atoms with van der Waals surface area (Å²) >= 11 is 0. The molecule has 1 saturated heterocycles. The molecule has 132 valence electrons. The monoisotopic (exact) mass is 341 g/mol. The van der Waals surface area contributed by atoms with Gasteiger partial charge in [-0.1, -0.05) is 19.1 Å². The molecule has 1 atom stereocenters. The molecule has 1 aromatic carbocycles. The van der Waals surface area contributed by atoms with Gasteiger partial charge in [0, 0.05) is 12.4 Å². The van der Waals surface area contributed by atoms with E-state index >= 15 is 0 Å². The van der Waals surface area contributed by atoms with Gasteiger partial charge in [0.25, 0.3) is 0 Å². The number of carbonyl (C=O) groups is 1. The summed E-state index contributed by atoms with van der Waals surface area (Å²) in [6, 6.07) is 9.70. The highest BCUT2D eigenvalue weighted by molar-refractivity contribution is 5.79. The molecule has 0 aliphatic carbocycles. The summed E-state index contributed by atoms with van der Waals surface area (Å²) in [5.41, 5.74) is 1.79. The maximum absolute atomic E-state index is 13.3. The van der Waals surface area contributed by atoms with Crippen molar-refractivity contribution >= 4 is 5.91 Å². The maximum Gasteiger partial charge on any atom is 0.234 e. The van der Waals surface area contributed by atoms with Crippen LogP contribution in [0.3, 0.4) is 0 Å². The van der Waals surface area contributed by atoms with Gasteiger partial charge in [0.1, 0.15) is 5.82 Å². The van der Waals surface area contributed by atoms with Gasteiger partial charge in [-0.05, 0) is 67.2 Å². The second kappa shape index (κ2) is 8.21. The normalized spacial score (nSPS) is 17.2. The summed E-state index contributed by atoms with van der Waals surface area (Å²) in [5.74, 6) is 0.440. The van der Waals surface area contributed by atoms with E-state index in [1.165, 1.54) is 12.1 Å². The molecule has 5 heteroatoms. The third kappa shape index (κ3) is 4.86. The highest BCUT2D eigenvalue weighted by Gasteiger charge is 2.21. The Hall–Kier alpha value is -2.27. The van der Waals surface area contributed by atoms with Gasteiger partial charge in [0.2, 0.25) is 5.91 Å². The molecular weight excluding hydrogens is 317 g/mol. The smallest absolute Gasteiger partial charge is 0.234 e. The number of hydrogen-bond acceptors (Lipinski definition) is 3. The summed E-state index contributed by atoms with van der Waals surface area (Å²) in [6.07, 6.45) is 5.67. The molecule has 3 rings (SSSR count). The first-order chi connectivity index (χ1) is 12.1. The molecule has 1 N–H and O–H groups in total. The van der Waals surface area contributed by atoms with Gasteiger partial charge in [-0.25, -0.2) is 4.39 Å². The van der Waals surface area contributed by atoms with Crippen LogP contribution >= 0.6 is 0 Å². The number of benzene rings is 1. The summed E-state index contributed by atoms with van der Waals surface area (Å²) < 4.78 is 13.3. The van der Waals surface area contributed by atoms with E-state index in [0.29, 0.717) is 6.54 Å². The lowest BCUT2D eigenvalue weighted by molar-refractivity contribution is -0.123. The van der Waals surface area contributed by atoms with Crippen LogP contribution in [-0.2, 0) is 4.79 Å². The van der Waals surface area contributed by atoms with Gasteiger partial charge < -0.3 is 5.32 Å². The number of nitrogens with zero attached hydrogens (tertiary/aromatic N) is 2. The molecule has 1 unspecified atom stereocenters.